The van der Waals surface area contributed by atoms with E-state index in [0.717, 1.165) is 18.4 Å². The number of ketones is 1. The van der Waals surface area contributed by atoms with Crippen molar-refractivity contribution < 1.29 is 53.8 Å². The van der Waals surface area contributed by atoms with Crippen LogP contribution in [-0.2, 0) is 16.0 Å². The Morgan fingerprint density at radius 2 is 1.91 bits per heavy atom. The molecular weight excluding hydrogens is 333 g/mol. The minimum atomic E-state index is -1.98. The van der Waals surface area contributed by atoms with E-state index in [1.54, 1.807) is 0 Å². The molecule has 3 amide bonds. The fourth-order valence-corrected chi connectivity index (χ4v) is 3.09. The molecule has 0 atom stereocenters. The summed E-state index contributed by atoms with van der Waals surface area (Å²) in [4.78, 5) is 50.4. The number of carboxylic acids is 1. The van der Waals surface area contributed by atoms with Crippen LogP contribution in [-0.4, -0.2) is 40.6 Å². The second kappa shape index (κ2) is 7.08. The quantitative estimate of drug-likeness (QED) is 0.428. The average Bonchev–Trinajstić information content (AvgIpc) is 2.77. The smallest absolute Gasteiger partial charge is 0.540 e. The second-order valence-corrected chi connectivity index (χ2v) is 6.82. The van der Waals surface area contributed by atoms with Gasteiger partial charge in [-0.15, -0.1) is 0 Å². The van der Waals surface area contributed by atoms with Crippen LogP contribution in [0.3, 0.4) is 0 Å². The second-order valence-electron chi connectivity index (χ2n) is 5.82. The van der Waals surface area contributed by atoms with E-state index in [-0.39, 0.29) is 45.9 Å². The number of anilines is 1. The van der Waals surface area contributed by atoms with E-state index in [9.17, 15) is 24.3 Å². The average molecular weight is 347 g/mol. The number of Topliss-reactive ketones (excluding diaryl/α,β-unsaturated/α-hetero) is 1. The maximum absolute atomic E-state index is 12.0. The number of nitrogens with zero attached hydrogens (tertiary/aromatic N) is 2. The Bertz CT molecular complexity index is 685. The van der Waals surface area contributed by atoms with Gasteiger partial charge in [-0.1, -0.05) is 25.2 Å². The standard InChI is InChI=1S/C13H15N3O5S.Na/c1-13(2)4-6-8(7(17)5-13)22-11(14-6)15-12(21)16(3)9(18)10(19)20;/h4-5H2,1-3H3,(H,19,20)(H,14,15,21);/q;+1/p-1. The van der Waals surface area contributed by atoms with Gasteiger partial charge in [-0.25, -0.2) is 9.78 Å². The van der Waals surface area contributed by atoms with Crippen LogP contribution in [0.4, 0.5) is 9.93 Å². The Kier molecular flexibility index (Phi) is 6.08. The van der Waals surface area contributed by atoms with Crippen molar-refractivity contribution in [3.05, 3.63) is 10.6 Å². The number of thiazole rings is 1. The fourth-order valence-electron chi connectivity index (χ4n) is 2.18. The molecule has 0 spiro atoms. The predicted molar refractivity (Wildman–Crippen MR) is 75.3 cm³/mol. The first-order valence-electron chi connectivity index (χ1n) is 6.43. The molecule has 10 heteroatoms. The molecule has 23 heavy (non-hydrogen) atoms. The number of fused-ring (bicyclic) bond motifs is 1. The minimum Gasteiger partial charge on any atom is -0.540 e. The SMILES string of the molecule is CN(C(=O)Nc1nc2c(s1)C(=O)CC(C)(C)C2)C(=O)C(=O)[O-].[Na+]. The van der Waals surface area contributed by atoms with Crippen molar-refractivity contribution in [3.63, 3.8) is 0 Å². The number of nitrogens with one attached hydrogen (secondary N) is 1. The van der Waals surface area contributed by atoms with Crippen LogP contribution in [0.25, 0.3) is 0 Å². The number of aliphatic carboxylic acids is 1. The summed E-state index contributed by atoms with van der Waals surface area (Å²) in [5.41, 5.74) is 0.414. The molecule has 1 heterocycles. The normalized spacial score (nSPS) is 15.2. The summed E-state index contributed by atoms with van der Waals surface area (Å²) in [6, 6.07) is -0.952. The Morgan fingerprint density at radius 3 is 2.48 bits per heavy atom. The Hall–Kier alpha value is -1.29. The molecule has 1 aromatic heterocycles. The number of carbonyl (C=O) groups excluding carboxylic acids is 4. The van der Waals surface area contributed by atoms with Crippen molar-refractivity contribution in [2.75, 3.05) is 12.4 Å². The number of carbonyl (C=O) groups is 4. The monoisotopic (exact) mass is 347 g/mol. The van der Waals surface area contributed by atoms with Crippen molar-refractivity contribution in [3.8, 4) is 0 Å². The largest absolute Gasteiger partial charge is 1.00 e. The third-order valence-electron chi connectivity index (χ3n) is 3.23. The molecule has 1 aromatic rings. The Balaban J connectivity index is 0.00000264. The first kappa shape index (κ1) is 19.8. The van der Waals surface area contributed by atoms with E-state index < -0.39 is 17.9 Å². The van der Waals surface area contributed by atoms with Crippen LogP contribution in [0.1, 0.15) is 35.6 Å². The Morgan fingerprint density at radius 1 is 1.30 bits per heavy atom. The number of amides is 3. The fraction of sp³-hybridized carbons (Fsp3) is 0.462. The minimum absolute atomic E-state index is 0. The molecule has 1 N–H and O–H groups in total. The topological polar surface area (TPSA) is 120 Å². The van der Waals surface area contributed by atoms with Crippen LogP contribution < -0.4 is 40.0 Å². The molecule has 8 nitrogen and oxygen atoms in total. The van der Waals surface area contributed by atoms with Crippen LogP contribution in [0, 0.1) is 5.41 Å². The maximum atomic E-state index is 12.0. The van der Waals surface area contributed by atoms with Gasteiger partial charge in [0.2, 0.25) is 0 Å². The van der Waals surface area contributed by atoms with Crippen LogP contribution in [0.2, 0.25) is 0 Å². The van der Waals surface area contributed by atoms with E-state index in [4.69, 9.17) is 0 Å². The number of likely N-dealkylation sites (N-methyl/N-ethyl adjacent to an activating group) is 1. The van der Waals surface area contributed by atoms with Gasteiger partial charge in [0, 0.05) is 13.5 Å². The summed E-state index contributed by atoms with van der Waals surface area (Å²) < 4.78 is 0. The van der Waals surface area contributed by atoms with Crippen molar-refractivity contribution >= 4 is 40.2 Å². The Labute approximate surface area is 158 Å². The van der Waals surface area contributed by atoms with E-state index >= 15 is 0 Å². The number of rotatable bonds is 1. The van der Waals surface area contributed by atoms with Crippen molar-refractivity contribution in [1.29, 1.82) is 0 Å². The van der Waals surface area contributed by atoms with Gasteiger partial charge in [-0.2, -0.15) is 0 Å². The van der Waals surface area contributed by atoms with Gasteiger partial charge in [0.1, 0.15) is 5.97 Å². The van der Waals surface area contributed by atoms with Gasteiger partial charge >= 0.3 is 35.6 Å². The maximum Gasteiger partial charge on any atom is 1.00 e. The van der Waals surface area contributed by atoms with Gasteiger partial charge in [0.15, 0.2) is 10.9 Å². The van der Waals surface area contributed by atoms with Crippen LogP contribution in [0.5, 0.6) is 0 Å². The molecule has 0 saturated carbocycles. The molecule has 2 rings (SSSR count). The molecule has 0 unspecified atom stereocenters. The summed E-state index contributed by atoms with van der Waals surface area (Å²) in [7, 11) is 1.01. The first-order chi connectivity index (χ1) is 10.1. The van der Waals surface area contributed by atoms with Crippen LogP contribution >= 0.6 is 11.3 Å². The summed E-state index contributed by atoms with van der Waals surface area (Å²) >= 11 is 1.02. The molecule has 0 aromatic carbocycles. The summed E-state index contributed by atoms with van der Waals surface area (Å²) in [5.74, 6) is -3.48. The zero-order valence-electron chi connectivity index (χ0n) is 13.3. The number of carboxylic acid groups (broad SMARTS) is 1. The third kappa shape index (κ3) is 4.37. The predicted octanol–water partition coefficient (Wildman–Crippen LogP) is -2.96. The molecule has 0 bridgehead atoms. The van der Waals surface area contributed by atoms with Crippen LogP contribution in [0.15, 0.2) is 0 Å². The van der Waals surface area contributed by atoms with E-state index in [2.05, 4.69) is 10.3 Å². The van der Waals surface area contributed by atoms with E-state index in [1.807, 2.05) is 13.8 Å². The van der Waals surface area contributed by atoms with Gasteiger partial charge in [-0.05, 0) is 11.8 Å². The molecule has 0 radical (unpaired) electrons. The molecule has 118 valence electrons. The summed E-state index contributed by atoms with van der Waals surface area (Å²) in [5, 5.41) is 12.9. The molecule has 0 saturated heterocycles. The zero-order valence-corrected chi connectivity index (χ0v) is 16.1. The van der Waals surface area contributed by atoms with Crippen molar-refractivity contribution in [2.45, 2.75) is 26.7 Å². The molecule has 1 aliphatic rings. The number of hydrogen-bond donors (Lipinski definition) is 1. The number of hydrogen-bond acceptors (Lipinski definition) is 7. The van der Waals surface area contributed by atoms with E-state index in [1.165, 1.54) is 0 Å². The summed E-state index contributed by atoms with van der Waals surface area (Å²) in [6.45, 7) is 3.91. The van der Waals surface area contributed by atoms with Crippen molar-refractivity contribution in [2.24, 2.45) is 5.41 Å². The van der Waals surface area contributed by atoms with Gasteiger partial charge in [-0.3, -0.25) is 19.8 Å². The van der Waals surface area contributed by atoms with E-state index in [0.29, 0.717) is 28.3 Å². The zero-order chi connectivity index (χ0) is 16.7. The number of imide groups is 1. The first-order valence-corrected chi connectivity index (χ1v) is 7.25. The summed E-state index contributed by atoms with van der Waals surface area (Å²) in [6.07, 6.45) is 1.01. The third-order valence-corrected chi connectivity index (χ3v) is 4.29. The van der Waals surface area contributed by atoms with Crippen molar-refractivity contribution in [1.82, 2.24) is 9.88 Å². The molecule has 0 aliphatic heterocycles. The number of aromatic nitrogens is 1. The molecule has 0 fully saturated rings. The number of urea groups is 1. The van der Waals surface area contributed by atoms with Gasteiger partial charge in [0.05, 0.1) is 10.6 Å². The van der Waals surface area contributed by atoms with Gasteiger partial charge in [0.25, 0.3) is 5.91 Å². The van der Waals surface area contributed by atoms with Gasteiger partial charge < -0.3 is 9.90 Å². The molecular formula is C13H14N3NaO5S. The molecule has 1 aliphatic carbocycles.